The molecule has 1 atom stereocenters. The van der Waals surface area contributed by atoms with Gasteiger partial charge in [0.25, 0.3) is 0 Å². The van der Waals surface area contributed by atoms with E-state index in [0.29, 0.717) is 17.6 Å². The van der Waals surface area contributed by atoms with E-state index >= 15 is 0 Å². The summed E-state index contributed by atoms with van der Waals surface area (Å²) >= 11 is 3.20. The van der Waals surface area contributed by atoms with Crippen molar-refractivity contribution in [3.05, 3.63) is 16.7 Å². The first-order chi connectivity index (χ1) is 12.0. The quantitative estimate of drug-likeness (QED) is 0.706. The van der Waals surface area contributed by atoms with Gasteiger partial charge in [0.05, 0.1) is 5.41 Å². The van der Waals surface area contributed by atoms with Crippen molar-refractivity contribution in [1.29, 1.82) is 0 Å². The van der Waals surface area contributed by atoms with Crippen LogP contribution in [-0.4, -0.2) is 44.1 Å². The number of nitrogens with two attached hydrogens (primary N) is 1. The van der Waals surface area contributed by atoms with Crippen molar-refractivity contribution in [3.63, 3.8) is 0 Å². The molecular weight excluding hydrogens is 424 g/mol. The monoisotopic (exact) mass is 448 g/mol. The number of pyridine rings is 1. The molecule has 0 aromatic carbocycles. The summed E-state index contributed by atoms with van der Waals surface area (Å²) in [6.45, 7) is 6.74. The lowest BCUT2D eigenvalue weighted by Crippen LogP contribution is -2.43. The van der Waals surface area contributed by atoms with Crippen LogP contribution in [0.4, 0.5) is 5.82 Å². The summed E-state index contributed by atoms with van der Waals surface area (Å²) in [5, 5.41) is 1.62. The van der Waals surface area contributed by atoms with E-state index in [4.69, 9.17) is 10.6 Å². The number of nitrogens with one attached hydrogen (secondary N) is 1. The van der Waals surface area contributed by atoms with E-state index in [1.54, 1.807) is 25.8 Å². The van der Waals surface area contributed by atoms with Gasteiger partial charge in [-0.25, -0.2) is 22.9 Å². The Morgan fingerprint density at radius 3 is 2.85 bits per heavy atom. The summed E-state index contributed by atoms with van der Waals surface area (Å²) in [6, 6.07) is 1.42. The van der Waals surface area contributed by atoms with Gasteiger partial charge in [-0.15, -0.1) is 5.06 Å². The lowest BCUT2D eigenvalue weighted by molar-refractivity contribution is -0.207. The van der Waals surface area contributed by atoms with Gasteiger partial charge in [-0.2, -0.15) is 0 Å². The first-order valence-electron chi connectivity index (χ1n) is 8.37. The molecule has 0 aliphatic carbocycles. The number of nitrogen functional groups attached to an aromatic ring is 1. The van der Waals surface area contributed by atoms with Crippen molar-refractivity contribution in [2.45, 2.75) is 38.5 Å². The smallest absolute Gasteiger partial charge is 0.330 e. The molecule has 146 valence electrons. The molecule has 1 saturated heterocycles. The molecule has 10 heteroatoms. The number of aromatic nitrogens is 1. The Balaban J connectivity index is 1.96. The lowest BCUT2D eigenvalue weighted by atomic mass is 9.97. The third-order valence-corrected chi connectivity index (χ3v) is 5.89. The van der Waals surface area contributed by atoms with Crippen LogP contribution < -0.4 is 10.5 Å². The average molecular weight is 449 g/mol. The first-order valence-corrected chi connectivity index (χ1v) is 10.6. The number of anilines is 1. The highest BCUT2D eigenvalue weighted by atomic mass is 79.9. The van der Waals surface area contributed by atoms with Crippen LogP contribution in [0.1, 0.15) is 33.6 Å². The zero-order chi connectivity index (χ0) is 19.5. The third-order valence-electron chi connectivity index (χ3n) is 4.01. The second-order valence-electron chi connectivity index (χ2n) is 7.41. The maximum absolute atomic E-state index is 12.5. The van der Waals surface area contributed by atoms with E-state index in [-0.39, 0.29) is 29.1 Å². The van der Waals surface area contributed by atoms with Gasteiger partial charge in [0.1, 0.15) is 10.7 Å². The number of carbonyl (C=O) groups excluding carboxylic acids is 1. The molecule has 8 nitrogen and oxygen atoms in total. The molecule has 0 bridgehead atoms. The standard InChI is InChI=1S/C16H25BrN4O4S/c1-16(2,3)15(22)25-21-6-4-5-11(10-21)8-20-26(23,24)13-7-12(17)9-19-14(13)18/h7,9,11,20H,4-6,8,10H2,1-3H3,(H2,18,19). The number of rotatable bonds is 5. The van der Waals surface area contributed by atoms with Crippen molar-refractivity contribution in [2.75, 3.05) is 25.4 Å². The second kappa shape index (κ2) is 8.20. The van der Waals surface area contributed by atoms with Gasteiger partial charge in [0.2, 0.25) is 10.0 Å². The zero-order valence-electron chi connectivity index (χ0n) is 15.2. The molecule has 1 unspecified atom stereocenters. The first kappa shape index (κ1) is 21.1. The summed E-state index contributed by atoms with van der Waals surface area (Å²) in [7, 11) is -3.77. The van der Waals surface area contributed by atoms with E-state index in [9.17, 15) is 13.2 Å². The second-order valence-corrected chi connectivity index (χ2v) is 10.1. The fourth-order valence-corrected chi connectivity index (χ4v) is 4.19. The van der Waals surface area contributed by atoms with Crippen LogP contribution in [0, 0.1) is 11.3 Å². The molecule has 1 aliphatic heterocycles. The maximum Gasteiger partial charge on any atom is 0.330 e. The van der Waals surface area contributed by atoms with Gasteiger partial charge in [-0.1, -0.05) is 0 Å². The molecule has 1 aromatic rings. The van der Waals surface area contributed by atoms with Crippen molar-refractivity contribution in [2.24, 2.45) is 11.3 Å². The van der Waals surface area contributed by atoms with Gasteiger partial charge < -0.3 is 10.6 Å². The number of piperidine rings is 1. The lowest BCUT2D eigenvalue weighted by Gasteiger charge is -2.32. The number of hydrogen-bond acceptors (Lipinski definition) is 7. The van der Waals surface area contributed by atoms with Crippen molar-refractivity contribution in [1.82, 2.24) is 14.8 Å². The predicted octanol–water partition coefficient (Wildman–Crippen LogP) is 1.92. The van der Waals surface area contributed by atoms with Crippen LogP contribution in [-0.2, 0) is 19.7 Å². The maximum atomic E-state index is 12.5. The molecule has 1 aliphatic rings. The van der Waals surface area contributed by atoms with Crippen molar-refractivity contribution < 1.29 is 18.0 Å². The molecule has 2 rings (SSSR count). The van der Waals surface area contributed by atoms with Gasteiger partial charge >= 0.3 is 5.97 Å². The number of hydrogen-bond donors (Lipinski definition) is 2. The molecular formula is C16H25BrN4O4S. The van der Waals surface area contributed by atoms with Crippen LogP contribution >= 0.6 is 15.9 Å². The Bertz CT molecular complexity index is 764. The molecule has 0 amide bonds. The Morgan fingerprint density at radius 2 is 2.19 bits per heavy atom. The predicted molar refractivity (Wildman–Crippen MR) is 101 cm³/mol. The average Bonchev–Trinajstić information content (AvgIpc) is 2.55. The minimum Gasteiger partial charge on any atom is -0.383 e. The molecule has 1 fully saturated rings. The Kier molecular flexibility index (Phi) is 6.65. The van der Waals surface area contributed by atoms with E-state index in [1.807, 2.05) is 0 Å². The normalized spacial score (nSPS) is 19.3. The molecule has 3 N–H and O–H groups in total. The summed E-state index contributed by atoms with van der Waals surface area (Å²) in [5.74, 6) is -0.315. The molecule has 2 heterocycles. The number of nitrogens with zero attached hydrogens (tertiary/aromatic N) is 2. The summed E-state index contributed by atoms with van der Waals surface area (Å²) < 4.78 is 28.1. The third kappa shape index (κ3) is 5.63. The molecule has 0 spiro atoms. The van der Waals surface area contributed by atoms with Crippen LogP contribution in [0.15, 0.2) is 21.6 Å². The number of halogens is 1. The highest BCUT2D eigenvalue weighted by molar-refractivity contribution is 9.10. The highest BCUT2D eigenvalue weighted by Gasteiger charge is 2.29. The summed E-state index contributed by atoms with van der Waals surface area (Å²) in [4.78, 5) is 21.2. The number of carbonyl (C=O) groups is 1. The van der Waals surface area contributed by atoms with Gasteiger partial charge in [-0.3, -0.25) is 0 Å². The molecule has 0 radical (unpaired) electrons. The summed E-state index contributed by atoms with van der Waals surface area (Å²) in [6.07, 6.45) is 3.11. The molecule has 0 saturated carbocycles. The largest absolute Gasteiger partial charge is 0.383 e. The minimum absolute atomic E-state index is 0.0348. The Labute approximate surface area is 162 Å². The van der Waals surface area contributed by atoms with E-state index in [1.165, 1.54) is 12.3 Å². The summed E-state index contributed by atoms with van der Waals surface area (Å²) in [5.41, 5.74) is 5.10. The van der Waals surface area contributed by atoms with Crippen molar-refractivity contribution in [3.8, 4) is 0 Å². The SMILES string of the molecule is CC(C)(C)C(=O)ON1CCCC(CNS(=O)(=O)c2cc(Br)cnc2N)C1. The van der Waals surface area contributed by atoms with Gasteiger partial charge in [0, 0.05) is 30.3 Å². The van der Waals surface area contributed by atoms with E-state index in [0.717, 1.165) is 12.8 Å². The van der Waals surface area contributed by atoms with E-state index in [2.05, 4.69) is 25.6 Å². The topological polar surface area (TPSA) is 115 Å². The Hall–Kier alpha value is -1.23. The van der Waals surface area contributed by atoms with Crippen LogP contribution in [0.2, 0.25) is 0 Å². The number of sulfonamides is 1. The highest BCUT2D eigenvalue weighted by Crippen LogP contribution is 2.23. The van der Waals surface area contributed by atoms with Crippen LogP contribution in [0.3, 0.4) is 0 Å². The van der Waals surface area contributed by atoms with Crippen molar-refractivity contribution >= 4 is 37.7 Å². The fraction of sp³-hybridized carbons (Fsp3) is 0.625. The Morgan fingerprint density at radius 1 is 1.50 bits per heavy atom. The van der Waals surface area contributed by atoms with Gasteiger partial charge in [-0.05, 0) is 61.5 Å². The van der Waals surface area contributed by atoms with Gasteiger partial charge in [0.15, 0.2) is 0 Å². The van der Waals surface area contributed by atoms with Crippen LogP contribution in [0.25, 0.3) is 0 Å². The fourth-order valence-electron chi connectivity index (χ4n) is 2.48. The number of hydroxylamine groups is 2. The molecule has 26 heavy (non-hydrogen) atoms. The molecule has 1 aromatic heterocycles. The van der Waals surface area contributed by atoms with Crippen LogP contribution in [0.5, 0.6) is 0 Å². The zero-order valence-corrected chi connectivity index (χ0v) is 17.6. The van der Waals surface area contributed by atoms with E-state index < -0.39 is 15.4 Å². The minimum atomic E-state index is -3.77.